The number of benzene rings is 2. The quantitative estimate of drug-likeness (QED) is 0.639. The van der Waals surface area contributed by atoms with Crippen LogP contribution in [0.3, 0.4) is 0 Å². The van der Waals surface area contributed by atoms with Gasteiger partial charge in [-0.05, 0) is 52.7 Å². The van der Waals surface area contributed by atoms with E-state index in [1.54, 1.807) is 36.4 Å². The van der Waals surface area contributed by atoms with Crippen LogP contribution in [0.15, 0.2) is 53.7 Å². The van der Waals surface area contributed by atoms with Crippen molar-refractivity contribution in [3.63, 3.8) is 0 Å². The number of fused-ring (bicyclic) bond motifs is 1. The summed E-state index contributed by atoms with van der Waals surface area (Å²) in [4.78, 5) is 22.4. The monoisotopic (exact) mass is 295 g/mol. The van der Waals surface area contributed by atoms with E-state index in [0.29, 0.717) is 23.6 Å². The molecule has 3 rings (SSSR count). The van der Waals surface area contributed by atoms with Crippen LogP contribution in [0.4, 0.5) is 5.69 Å². The summed E-state index contributed by atoms with van der Waals surface area (Å²) < 4.78 is 10.3. The molecule has 0 N–H and O–H groups in total. The number of ether oxygens (including phenoxy) is 2. The van der Waals surface area contributed by atoms with Crippen molar-refractivity contribution in [2.75, 3.05) is 13.7 Å². The minimum absolute atomic E-state index is 0.357. The van der Waals surface area contributed by atoms with E-state index < -0.39 is 5.97 Å². The highest BCUT2D eigenvalue weighted by Crippen LogP contribution is 2.36. The molecule has 0 bridgehead atoms. The second-order valence-electron chi connectivity index (χ2n) is 4.77. The van der Waals surface area contributed by atoms with E-state index in [-0.39, 0.29) is 0 Å². The molecule has 5 heteroatoms. The lowest BCUT2D eigenvalue weighted by molar-refractivity contribution is 0.0600. The van der Waals surface area contributed by atoms with Crippen molar-refractivity contribution < 1.29 is 14.3 Å². The van der Waals surface area contributed by atoms with E-state index >= 15 is 0 Å². The molecule has 1 aliphatic heterocycles. The van der Waals surface area contributed by atoms with Gasteiger partial charge in [-0.25, -0.2) is 4.79 Å². The maximum Gasteiger partial charge on any atom is 0.337 e. The van der Waals surface area contributed by atoms with Crippen LogP contribution in [0, 0.1) is 4.91 Å². The number of esters is 1. The maximum absolute atomic E-state index is 11.7. The number of carbonyl (C=O) groups excluding carboxylic acids is 1. The smallest absolute Gasteiger partial charge is 0.337 e. The summed E-state index contributed by atoms with van der Waals surface area (Å²) >= 11 is 0. The Morgan fingerprint density at radius 3 is 2.86 bits per heavy atom. The lowest BCUT2D eigenvalue weighted by Gasteiger charge is -2.19. The fraction of sp³-hybridized carbons (Fsp3) is 0.118. The fourth-order valence-electron chi connectivity index (χ4n) is 2.44. The number of nitrogens with zero attached hydrogens (tertiary/aromatic N) is 1. The van der Waals surface area contributed by atoms with Gasteiger partial charge in [-0.2, -0.15) is 0 Å². The molecule has 0 fully saturated rings. The molecule has 5 nitrogen and oxygen atoms in total. The number of carbonyl (C=O) groups is 1. The highest BCUT2D eigenvalue weighted by atomic mass is 16.5. The van der Waals surface area contributed by atoms with Crippen molar-refractivity contribution in [2.24, 2.45) is 5.18 Å². The first-order chi connectivity index (χ1) is 10.7. The summed E-state index contributed by atoms with van der Waals surface area (Å²) in [5.41, 5.74) is 3.34. The van der Waals surface area contributed by atoms with Gasteiger partial charge in [-0.3, -0.25) is 0 Å². The third-order valence-corrected chi connectivity index (χ3v) is 3.48. The summed E-state index contributed by atoms with van der Waals surface area (Å²) in [5.74, 6) is 0.283. The Morgan fingerprint density at radius 1 is 1.23 bits per heavy atom. The second kappa shape index (κ2) is 5.81. The van der Waals surface area contributed by atoms with Gasteiger partial charge >= 0.3 is 5.97 Å². The Balaban J connectivity index is 2.10. The molecule has 0 unspecified atom stereocenters. The summed E-state index contributed by atoms with van der Waals surface area (Å²) in [6.45, 7) is 0.429. The Labute approximate surface area is 127 Å². The van der Waals surface area contributed by atoms with Crippen molar-refractivity contribution in [3.05, 3.63) is 70.1 Å². The van der Waals surface area contributed by atoms with Gasteiger partial charge in [0.05, 0.1) is 12.7 Å². The average Bonchev–Trinajstić information content (AvgIpc) is 2.60. The molecule has 0 atom stereocenters. The first kappa shape index (κ1) is 14.0. The van der Waals surface area contributed by atoms with E-state index in [2.05, 4.69) is 5.18 Å². The van der Waals surface area contributed by atoms with Crippen LogP contribution in [-0.2, 0) is 4.74 Å². The standard InChI is InChI=1S/C17H13NO4/c1-21-17(19)12-5-6-16-15(10-12)14(7-8-22-16)11-3-2-4-13(9-11)18-20/h2-7,9-10H,8H2,1H3. The SMILES string of the molecule is COC(=O)c1ccc2c(c1)C(c1cccc(N=O)c1)=CCO2. The molecule has 0 radical (unpaired) electrons. The summed E-state index contributed by atoms with van der Waals surface area (Å²) in [6, 6.07) is 12.1. The van der Waals surface area contributed by atoms with Crippen LogP contribution < -0.4 is 4.74 Å². The Morgan fingerprint density at radius 2 is 2.09 bits per heavy atom. The predicted octanol–water partition coefficient (Wildman–Crippen LogP) is 3.70. The summed E-state index contributed by atoms with van der Waals surface area (Å²) in [7, 11) is 1.34. The van der Waals surface area contributed by atoms with Crippen molar-refractivity contribution in [1.82, 2.24) is 0 Å². The molecule has 0 amide bonds. The topological polar surface area (TPSA) is 65.0 Å². The maximum atomic E-state index is 11.7. The van der Waals surface area contributed by atoms with E-state index in [9.17, 15) is 9.70 Å². The summed E-state index contributed by atoms with van der Waals surface area (Å²) in [5, 5.41) is 2.96. The van der Waals surface area contributed by atoms with Gasteiger partial charge in [0.2, 0.25) is 0 Å². The summed E-state index contributed by atoms with van der Waals surface area (Å²) in [6.07, 6.45) is 1.91. The minimum atomic E-state index is -0.406. The van der Waals surface area contributed by atoms with Crippen LogP contribution in [0.2, 0.25) is 0 Å². The zero-order chi connectivity index (χ0) is 15.5. The zero-order valence-electron chi connectivity index (χ0n) is 11.9. The Hall–Kier alpha value is -2.95. The first-order valence-corrected chi connectivity index (χ1v) is 6.72. The molecule has 22 heavy (non-hydrogen) atoms. The molecule has 0 saturated heterocycles. The first-order valence-electron chi connectivity index (χ1n) is 6.72. The van der Waals surface area contributed by atoms with Crippen LogP contribution in [0.5, 0.6) is 5.75 Å². The lowest BCUT2D eigenvalue weighted by atomic mass is 9.94. The third kappa shape index (κ3) is 2.48. The van der Waals surface area contributed by atoms with Crippen LogP contribution in [0.1, 0.15) is 21.5 Å². The Bertz CT molecular complexity index is 780. The van der Waals surface area contributed by atoms with Gasteiger partial charge < -0.3 is 9.47 Å². The highest BCUT2D eigenvalue weighted by molar-refractivity contribution is 5.93. The van der Waals surface area contributed by atoms with Gasteiger partial charge in [-0.15, -0.1) is 4.91 Å². The van der Waals surface area contributed by atoms with Crippen LogP contribution in [0.25, 0.3) is 5.57 Å². The molecule has 0 aliphatic carbocycles. The van der Waals surface area contributed by atoms with Gasteiger partial charge in [0.1, 0.15) is 18.0 Å². The van der Waals surface area contributed by atoms with Gasteiger partial charge in [0, 0.05) is 5.56 Å². The Kier molecular flexibility index (Phi) is 3.70. The van der Waals surface area contributed by atoms with E-state index in [0.717, 1.165) is 16.7 Å². The molecular weight excluding hydrogens is 282 g/mol. The van der Waals surface area contributed by atoms with Crippen molar-refractivity contribution in [1.29, 1.82) is 0 Å². The largest absolute Gasteiger partial charge is 0.489 e. The van der Waals surface area contributed by atoms with E-state index in [1.165, 1.54) is 7.11 Å². The lowest BCUT2D eigenvalue weighted by Crippen LogP contribution is -2.08. The molecule has 2 aromatic rings. The zero-order valence-corrected chi connectivity index (χ0v) is 11.9. The molecule has 0 saturated carbocycles. The number of methoxy groups -OCH3 is 1. The van der Waals surface area contributed by atoms with Crippen molar-refractivity contribution >= 4 is 17.2 Å². The normalized spacial score (nSPS) is 12.7. The number of hydrogen-bond acceptors (Lipinski definition) is 5. The van der Waals surface area contributed by atoms with Crippen molar-refractivity contribution in [2.45, 2.75) is 0 Å². The molecule has 1 heterocycles. The van der Waals surface area contributed by atoms with E-state index in [1.807, 2.05) is 12.1 Å². The van der Waals surface area contributed by atoms with Gasteiger partial charge in [0.15, 0.2) is 0 Å². The average molecular weight is 295 g/mol. The van der Waals surface area contributed by atoms with Gasteiger partial charge in [-0.1, -0.05) is 12.1 Å². The van der Waals surface area contributed by atoms with Crippen molar-refractivity contribution in [3.8, 4) is 5.75 Å². The molecule has 2 aromatic carbocycles. The fourth-order valence-corrected chi connectivity index (χ4v) is 2.44. The van der Waals surface area contributed by atoms with E-state index in [4.69, 9.17) is 9.47 Å². The molecule has 110 valence electrons. The van der Waals surface area contributed by atoms with Crippen LogP contribution in [-0.4, -0.2) is 19.7 Å². The number of hydrogen-bond donors (Lipinski definition) is 0. The molecule has 1 aliphatic rings. The van der Waals surface area contributed by atoms with Gasteiger partial charge in [0.25, 0.3) is 0 Å². The number of nitroso groups, excluding NO2 is 1. The molecular formula is C17H13NO4. The predicted molar refractivity (Wildman–Crippen MR) is 82.3 cm³/mol. The number of rotatable bonds is 3. The minimum Gasteiger partial charge on any atom is -0.489 e. The molecule has 0 aromatic heterocycles. The second-order valence-corrected chi connectivity index (χ2v) is 4.77. The third-order valence-electron chi connectivity index (χ3n) is 3.48. The molecule has 0 spiro atoms. The highest BCUT2D eigenvalue weighted by Gasteiger charge is 2.18. The van der Waals surface area contributed by atoms with Crippen LogP contribution >= 0.6 is 0 Å².